The molecular formula is C15H15N5O. The Morgan fingerprint density at radius 1 is 1.29 bits per heavy atom. The van der Waals surface area contributed by atoms with Crippen LogP contribution in [-0.4, -0.2) is 27.0 Å². The van der Waals surface area contributed by atoms with Gasteiger partial charge in [-0.05, 0) is 31.2 Å². The van der Waals surface area contributed by atoms with E-state index < -0.39 is 0 Å². The number of hydrogen-bond acceptors (Lipinski definition) is 4. The van der Waals surface area contributed by atoms with Crippen molar-refractivity contribution in [1.82, 2.24) is 14.6 Å². The van der Waals surface area contributed by atoms with Crippen molar-refractivity contribution in [3.05, 3.63) is 54.6 Å². The lowest BCUT2D eigenvalue weighted by Gasteiger charge is -2.20. The van der Waals surface area contributed by atoms with Crippen LogP contribution in [0.3, 0.4) is 0 Å². The summed E-state index contributed by atoms with van der Waals surface area (Å²) in [5, 5.41) is 4.17. The van der Waals surface area contributed by atoms with Gasteiger partial charge in [0, 0.05) is 30.3 Å². The first-order valence-electron chi connectivity index (χ1n) is 6.65. The SMILES string of the molecule is CCN(C(=O)c1cnn2ccncc12)c1ccc(N)cc1. The van der Waals surface area contributed by atoms with Crippen molar-refractivity contribution >= 4 is 22.8 Å². The van der Waals surface area contributed by atoms with Crippen LogP contribution in [0, 0.1) is 0 Å². The van der Waals surface area contributed by atoms with Gasteiger partial charge in [0.05, 0.1) is 23.5 Å². The summed E-state index contributed by atoms with van der Waals surface area (Å²) in [6.45, 7) is 2.48. The van der Waals surface area contributed by atoms with Gasteiger partial charge >= 0.3 is 0 Å². The van der Waals surface area contributed by atoms with Crippen LogP contribution in [0.5, 0.6) is 0 Å². The molecule has 3 aromatic rings. The minimum Gasteiger partial charge on any atom is -0.399 e. The van der Waals surface area contributed by atoms with Crippen molar-refractivity contribution in [1.29, 1.82) is 0 Å². The second kappa shape index (κ2) is 5.24. The number of nitrogens with two attached hydrogens (primary N) is 1. The number of aromatic nitrogens is 3. The average molecular weight is 281 g/mol. The van der Waals surface area contributed by atoms with Crippen LogP contribution in [-0.2, 0) is 0 Å². The number of carbonyl (C=O) groups excluding carboxylic acids is 1. The first-order valence-corrected chi connectivity index (χ1v) is 6.65. The van der Waals surface area contributed by atoms with E-state index in [4.69, 9.17) is 5.73 Å². The lowest BCUT2D eigenvalue weighted by atomic mass is 10.2. The molecule has 0 bridgehead atoms. The molecule has 0 saturated heterocycles. The Labute approximate surface area is 121 Å². The Morgan fingerprint density at radius 2 is 2.05 bits per heavy atom. The fraction of sp³-hybridized carbons (Fsp3) is 0.133. The molecule has 0 radical (unpaired) electrons. The van der Waals surface area contributed by atoms with E-state index in [0.29, 0.717) is 23.3 Å². The van der Waals surface area contributed by atoms with E-state index in [-0.39, 0.29) is 5.91 Å². The van der Waals surface area contributed by atoms with Gasteiger partial charge in [0.15, 0.2) is 0 Å². The first kappa shape index (κ1) is 13.1. The standard InChI is InChI=1S/C15H15N5O/c1-2-19(12-5-3-11(16)4-6-12)15(21)13-9-18-20-8-7-17-10-14(13)20/h3-10H,2,16H2,1H3. The van der Waals surface area contributed by atoms with Crippen LogP contribution in [0.2, 0.25) is 0 Å². The lowest BCUT2D eigenvalue weighted by molar-refractivity contribution is 0.0990. The quantitative estimate of drug-likeness (QED) is 0.745. The zero-order valence-electron chi connectivity index (χ0n) is 11.6. The third kappa shape index (κ3) is 2.31. The summed E-state index contributed by atoms with van der Waals surface area (Å²) in [6, 6.07) is 7.23. The number of nitrogens with zero attached hydrogens (tertiary/aromatic N) is 4. The maximum Gasteiger partial charge on any atom is 0.262 e. The highest BCUT2D eigenvalue weighted by Crippen LogP contribution is 2.20. The topological polar surface area (TPSA) is 76.5 Å². The Kier molecular flexibility index (Phi) is 3.27. The number of anilines is 2. The van der Waals surface area contributed by atoms with Crippen molar-refractivity contribution in [3.63, 3.8) is 0 Å². The van der Waals surface area contributed by atoms with E-state index in [1.165, 1.54) is 0 Å². The molecule has 0 aliphatic carbocycles. The largest absolute Gasteiger partial charge is 0.399 e. The summed E-state index contributed by atoms with van der Waals surface area (Å²) in [6.07, 6.45) is 6.55. The van der Waals surface area contributed by atoms with Gasteiger partial charge < -0.3 is 10.6 Å². The van der Waals surface area contributed by atoms with E-state index in [9.17, 15) is 4.79 Å². The van der Waals surface area contributed by atoms with Gasteiger partial charge in [0.25, 0.3) is 5.91 Å². The summed E-state index contributed by atoms with van der Waals surface area (Å²) in [5.74, 6) is -0.106. The van der Waals surface area contributed by atoms with E-state index in [2.05, 4.69) is 10.1 Å². The predicted octanol–water partition coefficient (Wildman–Crippen LogP) is 1.98. The second-order valence-electron chi connectivity index (χ2n) is 4.61. The van der Waals surface area contributed by atoms with Gasteiger partial charge in [-0.2, -0.15) is 5.10 Å². The van der Waals surface area contributed by atoms with Crippen LogP contribution in [0.25, 0.3) is 5.52 Å². The molecular weight excluding hydrogens is 266 g/mol. The van der Waals surface area contributed by atoms with Gasteiger partial charge in [0.1, 0.15) is 0 Å². The molecule has 1 amide bonds. The Hall–Kier alpha value is -2.89. The van der Waals surface area contributed by atoms with Crippen LogP contribution in [0.4, 0.5) is 11.4 Å². The van der Waals surface area contributed by atoms with Gasteiger partial charge in [-0.15, -0.1) is 0 Å². The maximum absolute atomic E-state index is 12.7. The van der Waals surface area contributed by atoms with Crippen LogP contribution in [0.1, 0.15) is 17.3 Å². The lowest BCUT2D eigenvalue weighted by Crippen LogP contribution is -2.30. The predicted molar refractivity (Wildman–Crippen MR) is 81.2 cm³/mol. The van der Waals surface area contributed by atoms with Crippen molar-refractivity contribution in [2.45, 2.75) is 6.92 Å². The number of rotatable bonds is 3. The van der Waals surface area contributed by atoms with E-state index >= 15 is 0 Å². The van der Waals surface area contributed by atoms with Gasteiger partial charge in [-0.1, -0.05) is 0 Å². The number of nitrogen functional groups attached to an aromatic ring is 1. The molecule has 3 rings (SSSR count). The Balaban J connectivity index is 2.01. The van der Waals surface area contributed by atoms with Crippen molar-refractivity contribution < 1.29 is 4.79 Å². The number of amides is 1. The van der Waals surface area contributed by atoms with E-state index in [1.807, 2.05) is 19.1 Å². The highest BCUT2D eigenvalue weighted by atomic mass is 16.2. The first-order chi connectivity index (χ1) is 10.2. The molecule has 0 unspecified atom stereocenters. The minimum absolute atomic E-state index is 0.106. The monoisotopic (exact) mass is 281 g/mol. The molecule has 0 aliphatic heterocycles. The number of hydrogen-bond donors (Lipinski definition) is 1. The Bertz CT molecular complexity index is 778. The van der Waals surface area contributed by atoms with Crippen LogP contribution >= 0.6 is 0 Å². The number of carbonyl (C=O) groups is 1. The molecule has 0 fully saturated rings. The highest BCUT2D eigenvalue weighted by Gasteiger charge is 2.20. The zero-order chi connectivity index (χ0) is 14.8. The summed E-state index contributed by atoms with van der Waals surface area (Å²) in [4.78, 5) is 18.5. The zero-order valence-corrected chi connectivity index (χ0v) is 11.6. The summed E-state index contributed by atoms with van der Waals surface area (Å²) in [7, 11) is 0. The number of fused-ring (bicyclic) bond motifs is 1. The van der Waals surface area contributed by atoms with Gasteiger partial charge in [-0.3, -0.25) is 9.78 Å². The Morgan fingerprint density at radius 3 is 2.76 bits per heavy atom. The van der Waals surface area contributed by atoms with Gasteiger partial charge in [-0.25, -0.2) is 4.52 Å². The smallest absolute Gasteiger partial charge is 0.262 e. The molecule has 2 aromatic heterocycles. The third-order valence-corrected chi connectivity index (χ3v) is 3.32. The molecule has 2 N–H and O–H groups in total. The molecule has 0 aliphatic rings. The van der Waals surface area contributed by atoms with Crippen molar-refractivity contribution in [3.8, 4) is 0 Å². The molecule has 6 heteroatoms. The molecule has 1 aromatic carbocycles. The van der Waals surface area contributed by atoms with E-state index in [0.717, 1.165) is 5.69 Å². The van der Waals surface area contributed by atoms with Gasteiger partial charge in [0.2, 0.25) is 0 Å². The molecule has 21 heavy (non-hydrogen) atoms. The molecule has 0 spiro atoms. The minimum atomic E-state index is -0.106. The van der Waals surface area contributed by atoms with Crippen molar-refractivity contribution in [2.75, 3.05) is 17.2 Å². The summed E-state index contributed by atoms with van der Waals surface area (Å²) in [5.41, 5.74) is 8.38. The van der Waals surface area contributed by atoms with Crippen LogP contribution in [0.15, 0.2) is 49.1 Å². The fourth-order valence-corrected chi connectivity index (χ4v) is 2.24. The van der Waals surface area contributed by atoms with Crippen molar-refractivity contribution in [2.24, 2.45) is 0 Å². The average Bonchev–Trinajstić information content (AvgIpc) is 2.94. The normalized spacial score (nSPS) is 10.7. The third-order valence-electron chi connectivity index (χ3n) is 3.32. The molecule has 0 saturated carbocycles. The second-order valence-corrected chi connectivity index (χ2v) is 4.61. The van der Waals surface area contributed by atoms with E-state index in [1.54, 1.807) is 46.3 Å². The highest BCUT2D eigenvalue weighted by molar-refractivity contribution is 6.10. The fourth-order valence-electron chi connectivity index (χ4n) is 2.24. The number of benzene rings is 1. The van der Waals surface area contributed by atoms with Crippen LogP contribution < -0.4 is 10.6 Å². The summed E-state index contributed by atoms with van der Waals surface area (Å²) < 4.78 is 1.64. The molecule has 2 heterocycles. The molecule has 106 valence electrons. The molecule has 0 atom stereocenters. The summed E-state index contributed by atoms with van der Waals surface area (Å²) >= 11 is 0. The maximum atomic E-state index is 12.7. The molecule has 6 nitrogen and oxygen atoms in total.